The van der Waals surface area contributed by atoms with Crippen molar-refractivity contribution in [3.63, 3.8) is 0 Å². The van der Waals surface area contributed by atoms with Crippen LogP contribution >= 0.6 is 15.9 Å². The van der Waals surface area contributed by atoms with Gasteiger partial charge >= 0.3 is 0 Å². The fourth-order valence-electron chi connectivity index (χ4n) is 3.02. The van der Waals surface area contributed by atoms with Crippen molar-refractivity contribution in [2.45, 2.75) is 45.9 Å². The number of benzene rings is 2. The van der Waals surface area contributed by atoms with Gasteiger partial charge in [0.15, 0.2) is 6.10 Å². The first-order valence-electron chi connectivity index (χ1n) is 9.32. The molecular formula is C21H24BrN3O3. The van der Waals surface area contributed by atoms with Gasteiger partial charge in [-0.15, -0.1) is 0 Å². The third-order valence-electron chi connectivity index (χ3n) is 4.56. The number of aryl methyl sites for hydroxylation is 1. The van der Waals surface area contributed by atoms with Crippen LogP contribution < -0.4 is 15.5 Å². The molecule has 1 aliphatic heterocycles. The minimum Gasteiger partial charge on any atom is -0.481 e. The Hall–Kier alpha value is -2.54. The molecule has 2 aromatic rings. The smallest absolute Gasteiger partial charge is 0.279 e. The molecule has 1 heterocycles. The molecule has 2 atom stereocenters. The third-order valence-corrected chi connectivity index (χ3v) is 5.05. The first-order valence-corrected chi connectivity index (χ1v) is 10.1. The summed E-state index contributed by atoms with van der Waals surface area (Å²) in [7, 11) is 0. The number of hydrogen-bond acceptors (Lipinski definition) is 4. The van der Waals surface area contributed by atoms with Gasteiger partial charge in [-0.3, -0.25) is 15.0 Å². The lowest BCUT2D eigenvalue weighted by Gasteiger charge is -2.38. The molecule has 148 valence electrons. The molecule has 0 radical (unpaired) electrons. The number of carbonyl (C=O) groups is 2. The Labute approximate surface area is 173 Å². The number of fused-ring (bicyclic) bond motifs is 1. The molecule has 0 spiro atoms. The number of rotatable bonds is 6. The maximum Gasteiger partial charge on any atom is 0.279 e. The number of carbonyl (C=O) groups excluding carboxylic acids is 2. The molecule has 2 N–H and O–H groups in total. The maximum absolute atomic E-state index is 13.0. The Morgan fingerprint density at radius 2 is 2.00 bits per heavy atom. The van der Waals surface area contributed by atoms with Crippen LogP contribution in [-0.2, 0) is 4.79 Å². The molecule has 0 saturated heterocycles. The van der Waals surface area contributed by atoms with Crippen molar-refractivity contribution in [2.24, 2.45) is 0 Å². The molecule has 28 heavy (non-hydrogen) atoms. The lowest BCUT2D eigenvalue weighted by Crippen LogP contribution is -2.59. The largest absolute Gasteiger partial charge is 0.481 e. The number of halogens is 1. The Kier molecular flexibility index (Phi) is 6.24. The average molecular weight is 446 g/mol. The second-order valence-corrected chi connectivity index (χ2v) is 7.78. The van der Waals surface area contributed by atoms with E-state index in [1.807, 2.05) is 50.2 Å². The normalized spacial score (nSPS) is 16.8. The molecule has 7 heteroatoms. The van der Waals surface area contributed by atoms with Crippen LogP contribution in [0, 0.1) is 6.92 Å². The van der Waals surface area contributed by atoms with Crippen molar-refractivity contribution >= 4 is 33.4 Å². The second kappa shape index (κ2) is 8.65. The molecule has 0 aliphatic carbocycles. The van der Waals surface area contributed by atoms with Gasteiger partial charge in [0, 0.05) is 10.2 Å². The zero-order valence-corrected chi connectivity index (χ0v) is 17.7. The Morgan fingerprint density at radius 1 is 1.29 bits per heavy atom. The lowest BCUT2D eigenvalue weighted by atomic mass is 10.1. The molecule has 0 fully saturated rings. The Morgan fingerprint density at radius 3 is 2.68 bits per heavy atom. The summed E-state index contributed by atoms with van der Waals surface area (Å²) in [5.74, 6) is -0.0182. The van der Waals surface area contributed by atoms with Gasteiger partial charge in [-0.2, -0.15) is 0 Å². The molecule has 3 rings (SSSR count). The summed E-state index contributed by atoms with van der Waals surface area (Å²) in [5.41, 5.74) is 5.12. The molecule has 0 saturated carbocycles. The summed E-state index contributed by atoms with van der Waals surface area (Å²) < 4.78 is 6.52. The minimum absolute atomic E-state index is 0.246. The standard InChI is InChI=1S/C21H24BrN3O3/c1-4-5-19-23-18-11-8-15(22)12-17(18)21(27)25(19)24-20(26)14(3)28-16-9-6-13(2)7-10-16/h6-12,14,19,23H,4-5H2,1-3H3,(H,24,26). The van der Waals surface area contributed by atoms with Gasteiger partial charge in [0.05, 0.1) is 5.56 Å². The summed E-state index contributed by atoms with van der Waals surface area (Å²) >= 11 is 3.39. The van der Waals surface area contributed by atoms with Gasteiger partial charge in [-0.05, 0) is 50.6 Å². The van der Waals surface area contributed by atoms with E-state index in [0.29, 0.717) is 17.7 Å². The van der Waals surface area contributed by atoms with Crippen LogP contribution in [0.15, 0.2) is 46.9 Å². The predicted molar refractivity (Wildman–Crippen MR) is 112 cm³/mol. The molecule has 2 unspecified atom stereocenters. The first kappa shape index (κ1) is 20.2. The van der Waals surface area contributed by atoms with Crippen LogP contribution in [0.3, 0.4) is 0 Å². The topological polar surface area (TPSA) is 70.7 Å². The number of nitrogens with zero attached hydrogens (tertiary/aromatic N) is 1. The Bertz CT molecular complexity index is 870. The average Bonchev–Trinajstić information content (AvgIpc) is 2.67. The molecule has 2 amide bonds. The van der Waals surface area contributed by atoms with Gasteiger partial charge in [0.2, 0.25) is 0 Å². The highest BCUT2D eigenvalue weighted by Crippen LogP contribution is 2.28. The molecule has 6 nitrogen and oxygen atoms in total. The van der Waals surface area contributed by atoms with Crippen molar-refractivity contribution < 1.29 is 14.3 Å². The van der Waals surface area contributed by atoms with E-state index in [4.69, 9.17) is 4.74 Å². The van der Waals surface area contributed by atoms with Gasteiger partial charge in [-0.1, -0.05) is 47.0 Å². The maximum atomic E-state index is 13.0. The molecule has 2 aromatic carbocycles. The number of hydrogen-bond donors (Lipinski definition) is 2. The summed E-state index contributed by atoms with van der Waals surface area (Å²) in [5, 5.41) is 4.71. The molecule has 0 bridgehead atoms. The van der Waals surface area contributed by atoms with Crippen LogP contribution in [0.1, 0.15) is 42.6 Å². The van der Waals surface area contributed by atoms with Gasteiger partial charge in [0.1, 0.15) is 11.9 Å². The monoisotopic (exact) mass is 445 g/mol. The van der Waals surface area contributed by atoms with Gasteiger partial charge < -0.3 is 10.1 Å². The molecule has 1 aliphatic rings. The van der Waals surface area contributed by atoms with Crippen molar-refractivity contribution in [3.8, 4) is 5.75 Å². The van der Waals surface area contributed by atoms with Crippen LogP contribution in [-0.4, -0.2) is 29.1 Å². The zero-order valence-electron chi connectivity index (χ0n) is 16.2. The zero-order chi connectivity index (χ0) is 20.3. The summed E-state index contributed by atoms with van der Waals surface area (Å²) in [6, 6.07) is 13.0. The van der Waals surface area contributed by atoms with Crippen LogP contribution in [0.25, 0.3) is 0 Å². The number of anilines is 1. The first-order chi connectivity index (χ1) is 13.4. The fourth-order valence-corrected chi connectivity index (χ4v) is 3.38. The second-order valence-electron chi connectivity index (χ2n) is 6.86. The quantitative estimate of drug-likeness (QED) is 0.696. The Balaban J connectivity index is 1.75. The van der Waals surface area contributed by atoms with E-state index in [2.05, 4.69) is 26.7 Å². The van der Waals surface area contributed by atoms with E-state index in [1.165, 1.54) is 5.01 Å². The van der Waals surface area contributed by atoms with E-state index in [1.54, 1.807) is 13.0 Å². The van der Waals surface area contributed by atoms with Crippen molar-refractivity contribution in [3.05, 3.63) is 58.1 Å². The lowest BCUT2D eigenvalue weighted by molar-refractivity contribution is -0.132. The fraction of sp³-hybridized carbons (Fsp3) is 0.333. The summed E-state index contributed by atoms with van der Waals surface area (Å²) in [6.45, 7) is 5.68. The third kappa shape index (κ3) is 4.47. The van der Waals surface area contributed by atoms with Crippen LogP contribution in [0.4, 0.5) is 5.69 Å². The molecule has 0 aromatic heterocycles. The highest BCUT2D eigenvalue weighted by Gasteiger charge is 2.34. The van der Waals surface area contributed by atoms with Crippen LogP contribution in [0.2, 0.25) is 0 Å². The van der Waals surface area contributed by atoms with E-state index in [9.17, 15) is 9.59 Å². The number of amides is 2. The summed E-state index contributed by atoms with van der Waals surface area (Å²) in [4.78, 5) is 25.7. The number of ether oxygens (including phenoxy) is 1. The number of nitrogens with one attached hydrogen (secondary N) is 2. The van der Waals surface area contributed by atoms with Gasteiger partial charge in [0.25, 0.3) is 11.8 Å². The van der Waals surface area contributed by atoms with E-state index in [0.717, 1.165) is 22.1 Å². The predicted octanol–water partition coefficient (Wildman–Crippen LogP) is 4.25. The summed E-state index contributed by atoms with van der Waals surface area (Å²) in [6.07, 6.45) is 0.497. The molecular weight excluding hydrogens is 422 g/mol. The van der Waals surface area contributed by atoms with Crippen molar-refractivity contribution in [1.29, 1.82) is 0 Å². The highest BCUT2D eigenvalue weighted by molar-refractivity contribution is 9.10. The van der Waals surface area contributed by atoms with Crippen LogP contribution in [0.5, 0.6) is 5.75 Å². The van der Waals surface area contributed by atoms with E-state index in [-0.39, 0.29) is 18.0 Å². The van der Waals surface area contributed by atoms with E-state index >= 15 is 0 Å². The van der Waals surface area contributed by atoms with Crippen molar-refractivity contribution in [2.75, 3.05) is 5.32 Å². The number of hydrazine groups is 1. The van der Waals surface area contributed by atoms with Gasteiger partial charge in [-0.25, -0.2) is 5.01 Å². The minimum atomic E-state index is -0.748. The SMILES string of the molecule is CCCC1Nc2ccc(Br)cc2C(=O)N1NC(=O)C(C)Oc1ccc(C)cc1. The van der Waals surface area contributed by atoms with Crippen molar-refractivity contribution in [1.82, 2.24) is 10.4 Å². The highest BCUT2D eigenvalue weighted by atomic mass is 79.9. The van der Waals surface area contributed by atoms with E-state index < -0.39 is 6.10 Å².